The minimum absolute atomic E-state index is 0.0905. The molecule has 10 N–H and O–H groups in total. The first-order chi connectivity index (χ1) is 32.4. The van der Waals surface area contributed by atoms with E-state index in [2.05, 4.69) is 0 Å². The number of aliphatic hydroxyl groups is 10. The third-order valence-corrected chi connectivity index (χ3v) is 13.3. The van der Waals surface area contributed by atoms with E-state index in [9.17, 15) is 70.2 Å². The summed E-state index contributed by atoms with van der Waals surface area (Å²) in [4.78, 5) is 53.1. The number of allylic oxidation sites excluding steroid dienone is 2. The molecule has 4 heterocycles. The predicted molar refractivity (Wildman–Crippen MR) is 223 cm³/mol. The van der Waals surface area contributed by atoms with Crippen LogP contribution in [0.3, 0.4) is 0 Å². The number of hydrogen-bond donors (Lipinski definition) is 10. The van der Waals surface area contributed by atoms with Crippen molar-refractivity contribution in [1.29, 1.82) is 0 Å². The van der Waals surface area contributed by atoms with E-state index in [-0.39, 0.29) is 35.3 Å². The van der Waals surface area contributed by atoms with Gasteiger partial charge in [0.05, 0.1) is 70.6 Å². The van der Waals surface area contributed by atoms with Gasteiger partial charge < -0.3 is 98.4 Å². The van der Waals surface area contributed by atoms with E-state index >= 15 is 0 Å². The SMILES string of the molecule is C/C=C1/[C@H](O[C@@H]2O[C@@H](CO)[C@@H](O)[C@@H](O)[C@@H]2O)OC=C(C(=O)OC)[C@H]1CC(=O)OC[C@H](CO)[C@@H]1C[C@@H](OC(=O)C[C@H]2C(C(=O)OC)=CO[C@@H](O[C@@H]3O[C@H](CO)[C@@H](O)[C@@H](O)[C@H]3O)/C2=C/C)[C@H](C)[C@H]1CO. The van der Waals surface area contributed by atoms with Gasteiger partial charge in [0.15, 0.2) is 12.6 Å². The number of methoxy groups -OCH3 is 2. The molecule has 4 aliphatic heterocycles. The Hall–Kier alpha value is -4.12. The topological polar surface area (TPSA) is 363 Å². The number of aliphatic hydroxyl groups excluding tert-OH is 10. The zero-order chi connectivity index (χ0) is 50.1. The lowest BCUT2D eigenvalue weighted by Crippen LogP contribution is -2.60. The number of hydrogen-bond acceptors (Lipinski definition) is 24. The Morgan fingerprint density at radius 3 is 1.53 bits per heavy atom. The van der Waals surface area contributed by atoms with Gasteiger partial charge in [-0.3, -0.25) is 9.59 Å². The minimum atomic E-state index is -1.79. The molecule has 384 valence electrons. The van der Waals surface area contributed by atoms with Crippen LogP contribution < -0.4 is 0 Å². The summed E-state index contributed by atoms with van der Waals surface area (Å²) >= 11 is 0. The smallest absolute Gasteiger partial charge is 0.337 e. The molecule has 5 rings (SSSR count). The molecule has 68 heavy (non-hydrogen) atoms. The van der Waals surface area contributed by atoms with Crippen molar-refractivity contribution in [1.82, 2.24) is 0 Å². The van der Waals surface area contributed by atoms with E-state index < -0.39 is 179 Å². The first kappa shape index (κ1) is 54.8. The van der Waals surface area contributed by atoms with Crippen molar-refractivity contribution in [2.75, 3.05) is 47.3 Å². The first-order valence-electron chi connectivity index (χ1n) is 22.1. The van der Waals surface area contributed by atoms with Crippen LogP contribution >= 0.6 is 0 Å². The summed E-state index contributed by atoms with van der Waals surface area (Å²) in [5.41, 5.74) is 0.187. The third-order valence-electron chi connectivity index (χ3n) is 13.3. The molecule has 24 nitrogen and oxygen atoms in total. The molecule has 0 spiro atoms. The fraction of sp³-hybridized carbons (Fsp3) is 0.727. The number of esters is 4. The Labute approximate surface area is 390 Å². The minimum Gasteiger partial charge on any atom is -0.468 e. The van der Waals surface area contributed by atoms with E-state index in [1.54, 1.807) is 20.8 Å². The second-order valence-corrected chi connectivity index (χ2v) is 17.1. The first-order valence-corrected chi connectivity index (χ1v) is 22.1. The second-order valence-electron chi connectivity index (χ2n) is 17.1. The Bertz CT molecular complexity index is 1860. The molecule has 0 aromatic heterocycles. The fourth-order valence-electron chi connectivity index (χ4n) is 9.29. The average Bonchev–Trinajstić information content (AvgIpc) is 3.64. The zero-order valence-corrected chi connectivity index (χ0v) is 38.1. The highest BCUT2D eigenvalue weighted by Crippen LogP contribution is 2.44. The molecule has 0 radical (unpaired) electrons. The summed E-state index contributed by atoms with van der Waals surface area (Å²) in [5.74, 6) is -7.88. The number of ether oxygens (including phenoxy) is 10. The largest absolute Gasteiger partial charge is 0.468 e. The van der Waals surface area contributed by atoms with Gasteiger partial charge in [-0.2, -0.15) is 0 Å². The van der Waals surface area contributed by atoms with Crippen molar-refractivity contribution < 1.29 is 118 Å². The van der Waals surface area contributed by atoms with Crippen LogP contribution in [0.15, 0.2) is 47.0 Å². The summed E-state index contributed by atoms with van der Waals surface area (Å²) in [6, 6.07) is 0. The second kappa shape index (κ2) is 24.6. The lowest BCUT2D eigenvalue weighted by Gasteiger charge is -2.42. The predicted octanol–water partition coefficient (Wildman–Crippen LogP) is -3.32. The lowest BCUT2D eigenvalue weighted by atomic mass is 9.82. The summed E-state index contributed by atoms with van der Waals surface area (Å²) in [6.07, 6.45) is -15.8. The summed E-state index contributed by atoms with van der Waals surface area (Å²) in [6.45, 7) is 2.13. The van der Waals surface area contributed by atoms with Crippen molar-refractivity contribution in [2.24, 2.45) is 35.5 Å². The molecular formula is C44H64O24. The molecule has 24 heteroatoms. The highest BCUT2D eigenvalue weighted by molar-refractivity contribution is 5.91. The molecule has 0 aromatic carbocycles. The van der Waals surface area contributed by atoms with Gasteiger partial charge in [0.25, 0.3) is 0 Å². The van der Waals surface area contributed by atoms with E-state index in [1.165, 1.54) is 12.2 Å². The van der Waals surface area contributed by atoms with Crippen LogP contribution in [0.25, 0.3) is 0 Å². The van der Waals surface area contributed by atoms with Crippen molar-refractivity contribution in [2.45, 2.75) is 120 Å². The highest BCUT2D eigenvalue weighted by Gasteiger charge is 2.50. The van der Waals surface area contributed by atoms with Crippen LogP contribution in [0.5, 0.6) is 0 Å². The van der Waals surface area contributed by atoms with Crippen molar-refractivity contribution in [3.8, 4) is 0 Å². The highest BCUT2D eigenvalue weighted by atomic mass is 16.8. The molecule has 0 unspecified atom stereocenters. The van der Waals surface area contributed by atoms with Gasteiger partial charge >= 0.3 is 23.9 Å². The Morgan fingerprint density at radius 2 is 1.13 bits per heavy atom. The number of carbonyl (C=O) groups excluding carboxylic acids is 4. The molecule has 19 atom stereocenters. The van der Waals surface area contributed by atoms with Crippen LogP contribution in [0.4, 0.5) is 0 Å². The van der Waals surface area contributed by atoms with Crippen molar-refractivity contribution in [3.05, 3.63) is 47.0 Å². The molecule has 1 saturated carbocycles. The molecule has 0 bridgehead atoms. The Kier molecular flexibility index (Phi) is 19.9. The molecule has 0 aromatic rings. The van der Waals surface area contributed by atoms with Gasteiger partial charge in [0.1, 0.15) is 54.9 Å². The van der Waals surface area contributed by atoms with Gasteiger partial charge in [-0.25, -0.2) is 9.59 Å². The molecule has 5 aliphatic rings. The molecule has 2 saturated heterocycles. The Morgan fingerprint density at radius 1 is 0.676 bits per heavy atom. The van der Waals surface area contributed by atoms with E-state index in [1.807, 2.05) is 0 Å². The Balaban J connectivity index is 1.24. The fourth-order valence-corrected chi connectivity index (χ4v) is 9.29. The summed E-state index contributed by atoms with van der Waals surface area (Å²) in [7, 11) is 2.24. The maximum Gasteiger partial charge on any atom is 0.337 e. The molecular weight excluding hydrogens is 912 g/mol. The quantitative estimate of drug-likeness (QED) is 0.0365. The zero-order valence-electron chi connectivity index (χ0n) is 38.1. The monoisotopic (exact) mass is 976 g/mol. The van der Waals surface area contributed by atoms with Crippen LogP contribution in [0, 0.1) is 35.5 Å². The normalized spacial score (nSPS) is 38.9. The standard InChI is InChI=1S/C44H64O24/c1-6-20-23(26(39(57)59-4)16-62-41(20)67-43-37(55)35(53)33(51)29(13-47)65-43)9-31(49)61-15-19(11-45)22-8-28(18(3)25(22)12-46)64-32(50)10-24-21(7-2)42(63-17-27(24)40(58)60-5)68-44-38(56)36(54)34(52)30(14-48)66-44/h6-7,16-19,22-25,28-30,33-38,41-48,51-56H,8-15H2,1-5H3/b20-6+,21-7+/t18-,19+,22+,23+,24-,25-,28-,29+,30-,33-,34-,35-,36-,37+,38-,41+,42+,43+,44+/m1/s1. The van der Waals surface area contributed by atoms with Gasteiger partial charge in [-0.1, -0.05) is 19.1 Å². The van der Waals surface area contributed by atoms with E-state index in [0.29, 0.717) is 0 Å². The molecule has 1 aliphatic carbocycles. The lowest BCUT2D eigenvalue weighted by molar-refractivity contribution is -0.327. The summed E-state index contributed by atoms with van der Waals surface area (Å²) < 4.78 is 55.2. The van der Waals surface area contributed by atoms with Crippen LogP contribution in [-0.4, -0.2) is 202 Å². The van der Waals surface area contributed by atoms with Crippen LogP contribution in [-0.2, 0) is 66.5 Å². The van der Waals surface area contributed by atoms with E-state index in [4.69, 9.17) is 47.4 Å². The number of rotatable bonds is 18. The molecule has 0 amide bonds. The summed E-state index contributed by atoms with van der Waals surface area (Å²) in [5, 5.41) is 102. The van der Waals surface area contributed by atoms with Crippen molar-refractivity contribution in [3.63, 3.8) is 0 Å². The van der Waals surface area contributed by atoms with Gasteiger partial charge in [-0.05, 0) is 38.0 Å². The average molecular weight is 977 g/mol. The number of carbonyl (C=O) groups is 4. The van der Waals surface area contributed by atoms with Gasteiger partial charge in [0, 0.05) is 42.1 Å². The van der Waals surface area contributed by atoms with Crippen LogP contribution in [0.2, 0.25) is 0 Å². The maximum atomic E-state index is 13.8. The van der Waals surface area contributed by atoms with Gasteiger partial charge in [0.2, 0.25) is 12.6 Å². The van der Waals surface area contributed by atoms with E-state index in [0.717, 1.165) is 26.7 Å². The molecule has 3 fully saturated rings. The maximum absolute atomic E-state index is 13.8. The van der Waals surface area contributed by atoms with Crippen LogP contribution in [0.1, 0.15) is 40.0 Å². The van der Waals surface area contributed by atoms with Gasteiger partial charge in [-0.15, -0.1) is 0 Å². The third kappa shape index (κ3) is 11.9. The van der Waals surface area contributed by atoms with Crippen molar-refractivity contribution >= 4 is 23.9 Å².